The summed E-state index contributed by atoms with van der Waals surface area (Å²) in [6.45, 7) is 2.12. The van der Waals surface area contributed by atoms with Crippen LogP contribution in [0.5, 0.6) is 5.75 Å². The topological polar surface area (TPSA) is 26.3 Å². The number of halogens is 2. The van der Waals surface area contributed by atoms with Crippen molar-refractivity contribution in [2.75, 3.05) is 6.61 Å². The quantitative estimate of drug-likeness (QED) is 0.649. The highest BCUT2D eigenvalue weighted by atomic mass is 79.9. The summed E-state index contributed by atoms with van der Waals surface area (Å²) in [7, 11) is 0. The summed E-state index contributed by atoms with van der Waals surface area (Å²) in [5.41, 5.74) is 1.77. The number of para-hydroxylation sites is 1. The van der Waals surface area contributed by atoms with Crippen LogP contribution in [0.15, 0.2) is 37.9 Å². The van der Waals surface area contributed by atoms with Gasteiger partial charge in [-0.1, -0.05) is 25.1 Å². The predicted octanol–water partition coefficient (Wildman–Crippen LogP) is 5.10. The van der Waals surface area contributed by atoms with Gasteiger partial charge in [0.25, 0.3) is 0 Å². The molecule has 2 nitrogen and oxygen atoms in total. The summed E-state index contributed by atoms with van der Waals surface area (Å²) in [4.78, 5) is 12.1. The van der Waals surface area contributed by atoms with E-state index in [1.54, 1.807) is 0 Å². The van der Waals surface area contributed by atoms with E-state index in [0.717, 1.165) is 25.3 Å². The summed E-state index contributed by atoms with van der Waals surface area (Å²) in [6, 6.07) is 9.60. The number of ether oxygens (including phenoxy) is 1. The summed E-state index contributed by atoms with van der Waals surface area (Å²) in [5, 5.41) is 0. The van der Waals surface area contributed by atoms with Gasteiger partial charge in [0.2, 0.25) is 5.78 Å². The van der Waals surface area contributed by atoms with Crippen molar-refractivity contribution in [2.45, 2.75) is 13.3 Å². The lowest BCUT2D eigenvalue weighted by Crippen LogP contribution is -2.12. The van der Waals surface area contributed by atoms with Crippen molar-refractivity contribution < 1.29 is 9.53 Å². The van der Waals surface area contributed by atoms with Crippen LogP contribution < -0.4 is 4.74 Å². The molecule has 0 spiro atoms. The molecular formula is C14H12Br2O2S. The van der Waals surface area contributed by atoms with Gasteiger partial charge in [-0.2, -0.15) is 0 Å². The molecule has 1 aromatic heterocycles. The Balaban J connectivity index is 2.06. The lowest BCUT2D eigenvalue weighted by molar-refractivity contribution is 0.0920. The van der Waals surface area contributed by atoms with Crippen LogP contribution in [0, 0.1) is 0 Å². The van der Waals surface area contributed by atoms with Crippen molar-refractivity contribution in [2.24, 2.45) is 0 Å². The Bertz CT molecular complexity index is 593. The fourth-order valence-corrected chi connectivity index (χ4v) is 4.54. The molecule has 0 aliphatic carbocycles. The minimum absolute atomic E-state index is 0.0280. The van der Waals surface area contributed by atoms with Crippen LogP contribution in [0.3, 0.4) is 0 Å². The maximum absolute atomic E-state index is 12.1. The number of hydrogen-bond acceptors (Lipinski definition) is 3. The SMILES string of the molecule is CCc1ccccc1OCC(=O)c1cc(Br)sc1Br. The molecule has 0 aliphatic rings. The standard InChI is InChI=1S/C14H12Br2O2S/c1-2-9-5-3-4-6-12(9)18-8-11(17)10-7-13(15)19-14(10)16/h3-7H,2,8H2,1H3. The average molecular weight is 404 g/mol. The van der Waals surface area contributed by atoms with E-state index in [-0.39, 0.29) is 12.4 Å². The first-order chi connectivity index (χ1) is 9.11. The fraction of sp³-hybridized carbons (Fsp3) is 0.214. The summed E-state index contributed by atoms with van der Waals surface area (Å²) in [5.74, 6) is 0.753. The number of Topliss-reactive ketones (excluding diaryl/α,β-unsaturated/α-hetero) is 1. The molecule has 0 atom stereocenters. The number of rotatable bonds is 5. The molecule has 1 aromatic carbocycles. The lowest BCUT2D eigenvalue weighted by Gasteiger charge is -2.09. The first kappa shape index (κ1) is 14.8. The van der Waals surface area contributed by atoms with E-state index in [0.29, 0.717) is 5.56 Å². The molecule has 0 amide bonds. The Morgan fingerprint density at radius 2 is 2.05 bits per heavy atom. The van der Waals surface area contributed by atoms with Crippen molar-refractivity contribution in [3.8, 4) is 5.75 Å². The summed E-state index contributed by atoms with van der Waals surface area (Å²) < 4.78 is 7.39. The molecule has 2 aromatic rings. The van der Waals surface area contributed by atoms with Crippen molar-refractivity contribution in [1.82, 2.24) is 0 Å². The molecule has 1 heterocycles. The number of hydrogen-bond donors (Lipinski definition) is 0. The third-order valence-corrected chi connectivity index (χ3v) is 5.01. The number of carbonyl (C=O) groups is 1. The maximum Gasteiger partial charge on any atom is 0.202 e. The Labute approximate surface area is 133 Å². The van der Waals surface area contributed by atoms with Gasteiger partial charge >= 0.3 is 0 Å². The Kier molecular flexibility index (Phi) is 5.19. The van der Waals surface area contributed by atoms with E-state index in [9.17, 15) is 4.79 Å². The maximum atomic E-state index is 12.1. The van der Waals surface area contributed by atoms with Gasteiger partial charge in [-0.25, -0.2) is 0 Å². The van der Waals surface area contributed by atoms with Crippen LogP contribution in [-0.2, 0) is 6.42 Å². The molecule has 2 rings (SSSR count). The van der Waals surface area contributed by atoms with Gasteiger partial charge in [0.1, 0.15) is 5.75 Å². The predicted molar refractivity (Wildman–Crippen MR) is 85.4 cm³/mol. The van der Waals surface area contributed by atoms with Crippen molar-refractivity contribution in [3.05, 3.63) is 49.0 Å². The van der Waals surface area contributed by atoms with Crippen LogP contribution in [0.1, 0.15) is 22.8 Å². The molecule has 0 aliphatic heterocycles. The van der Waals surface area contributed by atoms with E-state index in [2.05, 4.69) is 38.8 Å². The molecule has 0 N–H and O–H groups in total. The number of aryl methyl sites for hydroxylation is 1. The first-order valence-corrected chi connectivity index (χ1v) is 8.20. The molecule has 0 saturated heterocycles. The number of thiophene rings is 1. The smallest absolute Gasteiger partial charge is 0.202 e. The van der Waals surface area contributed by atoms with Crippen LogP contribution in [-0.4, -0.2) is 12.4 Å². The third-order valence-electron chi connectivity index (χ3n) is 2.67. The Morgan fingerprint density at radius 1 is 1.32 bits per heavy atom. The fourth-order valence-electron chi connectivity index (χ4n) is 1.69. The Morgan fingerprint density at radius 3 is 2.68 bits per heavy atom. The molecular weight excluding hydrogens is 392 g/mol. The summed E-state index contributed by atoms with van der Waals surface area (Å²) in [6.07, 6.45) is 0.887. The first-order valence-electron chi connectivity index (χ1n) is 5.80. The Hall–Kier alpha value is -0.650. The zero-order valence-electron chi connectivity index (χ0n) is 10.3. The highest BCUT2D eigenvalue weighted by Gasteiger charge is 2.14. The van der Waals surface area contributed by atoms with Crippen molar-refractivity contribution in [1.29, 1.82) is 0 Å². The highest BCUT2D eigenvalue weighted by molar-refractivity contribution is 9.12. The second kappa shape index (κ2) is 6.68. The van der Waals surface area contributed by atoms with Crippen LogP contribution in [0.2, 0.25) is 0 Å². The molecule has 0 fully saturated rings. The van der Waals surface area contributed by atoms with Crippen LogP contribution >= 0.6 is 43.2 Å². The van der Waals surface area contributed by atoms with E-state index in [4.69, 9.17) is 4.74 Å². The molecule has 0 radical (unpaired) electrons. The van der Waals surface area contributed by atoms with Crippen LogP contribution in [0.25, 0.3) is 0 Å². The van der Waals surface area contributed by atoms with Crippen molar-refractivity contribution in [3.63, 3.8) is 0 Å². The third kappa shape index (κ3) is 3.68. The van der Waals surface area contributed by atoms with Gasteiger partial charge in [0.15, 0.2) is 6.61 Å². The second-order valence-corrected chi connectivity index (χ2v) is 7.66. The van der Waals surface area contributed by atoms with E-state index in [1.165, 1.54) is 11.3 Å². The monoisotopic (exact) mass is 402 g/mol. The highest BCUT2D eigenvalue weighted by Crippen LogP contribution is 2.32. The molecule has 0 unspecified atom stereocenters. The summed E-state index contributed by atoms with van der Waals surface area (Å²) >= 11 is 8.23. The largest absolute Gasteiger partial charge is 0.485 e. The van der Waals surface area contributed by atoms with Gasteiger partial charge in [-0.05, 0) is 56.0 Å². The van der Waals surface area contributed by atoms with Crippen molar-refractivity contribution >= 4 is 49.0 Å². The molecule has 5 heteroatoms. The number of ketones is 1. The molecule has 0 saturated carbocycles. The lowest BCUT2D eigenvalue weighted by atomic mass is 10.1. The van der Waals surface area contributed by atoms with Gasteiger partial charge in [-0.15, -0.1) is 11.3 Å². The minimum Gasteiger partial charge on any atom is -0.485 e. The van der Waals surface area contributed by atoms with E-state index >= 15 is 0 Å². The second-order valence-electron chi connectivity index (χ2n) is 3.91. The van der Waals surface area contributed by atoms with E-state index in [1.807, 2.05) is 30.3 Å². The van der Waals surface area contributed by atoms with E-state index < -0.39 is 0 Å². The average Bonchev–Trinajstić information content (AvgIpc) is 2.75. The molecule has 19 heavy (non-hydrogen) atoms. The van der Waals surface area contributed by atoms with Gasteiger partial charge in [0, 0.05) is 5.56 Å². The molecule has 100 valence electrons. The van der Waals surface area contributed by atoms with Gasteiger partial charge in [-0.3, -0.25) is 4.79 Å². The normalized spacial score (nSPS) is 10.5. The zero-order valence-corrected chi connectivity index (χ0v) is 14.3. The van der Waals surface area contributed by atoms with Gasteiger partial charge < -0.3 is 4.74 Å². The van der Waals surface area contributed by atoms with Gasteiger partial charge in [0.05, 0.1) is 7.57 Å². The number of carbonyl (C=O) groups excluding carboxylic acids is 1. The van der Waals surface area contributed by atoms with Crippen LogP contribution in [0.4, 0.5) is 0 Å². The molecule has 0 bridgehead atoms. The number of benzene rings is 1. The zero-order chi connectivity index (χ0) is 13.8. The minimum atomic E-state index is -0.0280.